The number of nitrogen functional groups attached to an aromatic ring is 1. The fourth-order valence-electron chi connectivity index (χ4n) is 1.73. The highest BCUT2D eigenvalue weighted by molar-refractivity contribution is 7.99. The molecule has 0 aliphatic rings. The number of rotatable bonds is 8. The number of hydrogen-bond donors (Lipinski definition) is 2. The zero-order valence-corrected chi connectivity index (χ0v) is 13.5. The van der Waals surface area contributed by atoms with Crippen molar-refractivity contribution < 1.29 is 4.79 Å². The predicted molar refractivity (Wildman–Crippen MR) is 86.7 cm³/mol. The van der Waals surface area contributed by atoms with Crippen molar-refractivity contribution in [2.75, 3.05) is 18.1 Å². The van der Waals surface area contributed by atoms with Gasteiger partial charge in [-0.25, -0.2) is 4.68 Å². The van der Waals surface area contributed by atoms with Gasteiger partial charge in [0.15, 0.2) is 5.82 Å². The highest BCUT2D eigenvalue weighted by Crippen LogP contribution is 2.24. The Balaban J connectivity index is 1.83. The SMILES string of the molecule is CCCCCNC(=O)CSc1nnc(-c2cccs2)n1N. The van der Waals surface area contributed by atoms with Gasteiger partial charge in [0, 0.05) is 6.54 Å². The molecule has 2 rings (SSSR count). The predicted octanol–water partition coefficient (Wildman–Crippen LogP) is 2.12. The van der Waals surface area contributed by atoms with Crippen molar-refractivity contribution in [2.45, 2.75) is 31.3 Å². The highest BCUT2D eigenvalue weighted by Gasteiger charge is 2.14. The van der Waals surface area contributed by atoms with Crippen LogP contribution in [-0.4, -0.2) is 33.1 Å². The molecule has 1 amide bonds. The van der Waals surface area contributed by atoms with Crippen LogP contribution in [0.1, 0.15) is 26.2 Å². The Hall–Kier alpha value is -1.54. The maximum absolute atomic E-state index is 11.7. The molecule has 0 aromatic carbocycles. The van der Waals surface area contributed by atoms with Gasteiger partial charge in [-0.2, -0.15) is 0 Å². The van der Waals surface area contributed by atoms with E-state index in [9.17, 15) is 4.79 Å². The molecule has 0 aliphatic carbocycles. The molecule has 2 aromatic heterocycles. The number of nitrogens with zero attached hydrogens (tertiary/aromatic N) is 3. The molecule has 6 nitrogen and oxygen atoms in total. The molecule has 2 aromatic rings. The maximum Gasteiger partial charge on any atom is 0.230 e. The van der Waals surface area contributed by atoms with Gasteiger partial charge in [0.1, 0.15) is 0 Å². The molecule has 2 heterocycles. The first kappa shape index (κ1) is 15.8. The van der Waals surface area contributed by atoms with Crippen LogP contribution in [0.4, 0.5) is 0 Å². The molecule has 0 fully saturated rings. The highest BCUT2D eigenvalue weighted by atomic mass is 32.2. The van der Waals surface area contributed by atoms with Crippen LogP contribution in [-0.2, 0) is 4.79 Å². The molecule has 8 heteroatoms. The number of unbranched alkanes of at least 4 members (excludes halogenated alkanes) is 2. The second kappa shape index (κ2) is 8.04. The van der Waals surface area contributed by atoms with E-state index < -0.39 is 0 Å². The first-order chi connectivity index (χ1) is 10.2. The van der Waals surface area contributed by atoms with Crippen molar-refractivity contribution in [1.82, 2.24) is 20.2 Å². The summed E-state index contributed by atoms with van der Waals surface area (Å²) in [6, 6.07) is 3.87. The summed E-state index contributed by atoms with van der Waals surface area (Å²) in [7, 11) is 0. The number of hydrogen-bond acceptors (Lipinski definition) is 6. The van der Waals surface area contributed by atoms with Gasteiger partial charge >= 0.3 is 0 Å². The van der Waals surface area contributed by atoms with E-state index in [-0.39, 0.29) is 5.91 Å². The van der Waals surface area contributed by atoms with Gasteiger partial charge in [-0.15, -0.1) is 21.5 Å². The average Bonchev–Trinajstić information content (AvgIpc) is 3.11. The minimum atomic E-state index is -0.00298. The molecule has 0 unspecified atom stereocenters. The van der Waals surface area contributed by atoms with Crippen molar-refractivity contribution in [3.63, 3.8) is 0 Å². The summed E-state index contributed by atoms with van der Waals surface area (Å²) in [5.74, 6) is 6.88. The van der Waals surface area contributed by atoms with E-state index in [1.165, 1.54) is 16.4 Å². The van der Waals surface area contributed by atoms with Crippen LogP contribution in [0.3, 0.4) is 0 Å². The normalized spacial score (nSPS) is 10.7. The van der Waals surface area contributed by atoms with Gasteiger partial charge < -0.3 is 11.2 Å². The van der Waals surface area contributed by atoms with Gasteiger partial charge in [0.25, 0.3) is 0 Å². The smallest absolute Gasteiger partial charge is 0.230 e. The second-order valence-electron chi connectivity index (χ2n) is 4.50. The van der Waals surface area contributed by atoms with Crippen LogP contribution in [0.2, 0.25) is 0 Å². The minimum absolute atomic E-state index is 0.00298. The molecule has 3 N–H and O–H groups in total. The number of aromatic nitrogens is 3. The third kappa shape index (κ3) is 4.47. The van der Waals surface area contributed by atoms with E-state index >= 15 is 0 Å². The number of carbonyl (C=O) groups excluding carboxylic acids is 1. The van der Waals surface area contributed by atoms with Crippen molar-refractivity contribution in [2.24, 2.45) is 0 Å². The lowest BCUT2D eigenvalue weighted by molar-refractivity contribution is -0.118. The maximum atomic E-state index is 11.7. The lowest BCUT2D eigenvalue weighted by Gasteiger charge is -2.04. The van der Waals surface area contributed by atoms with E-state index in [0.29, 0.717) is 16.7 Å². The first-order valence-electron chi connectivity index (χ1n) is 6.86. The Kier molecular flexibility index (Phi) is 6.06. The summed E-state index contributed by atoms with van der Waals surface area (Å²) < 4.78 is 1.43. The van der Waals surface area contributed by atoms with Crippen LogP contribution in [0.15, 0.2) is 22.7 Å². The molecule has 0 radical (unpaired) electrons. The number of thiophene rings is 1. The Morgan fingerprint density at radius 3 is 3.05 bits per heavy atom. The molecular weight excluding hydrogens is 306 g/mol. The molecular formula is C13H19N5OS2. The van der Waals surface area contributed by atoms with Crippen molar-refractivity contribution >= 4 is 29.0 Å². The van der Waals surface area contributed by atoms with Crippen LogP contribution in [0.5, 0.6) is 0 Å². The lowest BCUT2D eigenvalue weighted by Crippen LogP contribution is -2.26. The molecule has 0 saturated carbocycles. The Morgan fingerprint density at radius 1 is 1.48 bits per heavy atom. The number of carbonyl (C=O) groups is 1. The quantitative estimate of drug-likeness (QED) is 0.441. The minimum Gasteiger partial charge on any atom is -0.355 e. The zero-order valence-electron chi connectivity index (χ0n) is 11.9. The third-order valence-electron chi connectivity index (χ3n) is 2.84. The van der Waals surface area contributed by atoms with Gasteiger partial charge in [-0.3, -0.25) is 4.79 Å². The Morgan fingerprint density at radius 2 is 2.33 bits per heavy atom. The summed E-state index contributed by atoms with van der Waals surface area (Å²) in [6.07, 6.45) is 3.30. The van der Waals surface area contributed by atoms with Gasteiger partial charge in [-0.1, -0.05) is 37.6 Å². The standard InChI is InChI=1S/C13H19N5OS2/c1-2-3-4-7-15-11(19)9-21-13-17-16-12(18(13)14)10-6-5-8-20-10/h5-6,8H,2-4,7,9,14H2,1H3,(H,15,19). The van der Waals surface area contributed by atoms with E-state index in [2.05, 4.69) is 22.4 Å². The number of nitrogens with two attached hydrogens (primary N) is 1. The van der Waals surface area contributed by atoms with E-state index in [4.69, 9.17) is 5.84 Å². The van der Waals surface area contributed by atoms with Crippen LogP contribution < -0.4 is 11.2 Å². The molecule has 0 saturated heterocycles. The topological polar surface area (TPSA) is 85.8 Å². The Labute approximate surface area is 132 Å². The van der Waals surface area contributed by atoms with Crippen LogP contribution >= 0.6 is 23.1 Å². The number of thioether (sulfide) groups is 1. The van der Waals surface area contributed by atoms with Crippen molar-refractivity contribution in [3.05, 3.63) is 17.5 Å². The summed E-state index contributed by atoms with van der Waals surface area (Å²) in [4.78, 5) is 12.7. The van der Waals surface area contributed by atoms with E-state index in [0.717, 1.165) is 30.7 Å². The molecule has 0 spiro atoms. The zero-order chi connectivity index (χ0) is 15.1. The molecule has 21 heavy (non-hydrogen) atoms. The summed E-state index contributed by atoms with van der Waals surface area (Å²) in [5, 5.41) is 13.5. The second-order valence-corrected chi connectivity index (χ2v) is 6.39. The summed E-state index contributed by atoms with van der Waals surface area (Å²) >= 11 is 2.85. The monoisotopic (exact) mass is 325 g/mol. The van der Waals surface area contributed by atoms with Gasteiger partial charge in [0.05, 0.1) is 10.6 Å². The largest absolute Gasteiger partial charge is 0.355 e. The summed E-state index contributed by atoms with van der Waals surface area (Å²) in [6.45, 7) is 2.86. The van der Waals surface area contributed by atoms with Crippen LogP contribution in [0.25, 0.3) is 10.7 Å². The first-order valence-corrected chi connectivity index (χ1v) is 8.72. The fraction of sp³-hybridized carbons (Fsp3) is 0.462. The molecule has 114 valence electrons. The van der Waals surface area contributed by atoms with E-state index in [1.807, 2.05) is 17.5 Å². The molecule has 0 bridgehead atoms. The molecule has 0 aliphatic heterocycles. The third-order valence-corrected chi connectivity index (χ3v) is 4.65. The summed E-state index contributed by atoms with van der Waals surface area (Å²) in [5.41, 5.74) is 0. The molecule has 0 atom stereocenters. The number of nitrogens with one attached hydrogen (secondary N) is 1. The Bertz CT molecular complexity index is 567. The van der Waals surface area contributed by atoms with Crippen molar-refractivity contribution in [1.29, 1.82) is 0 Å². The van der Waals surface area contributed by atoms with Crippen LogP contribution in [0, 0.1) is 0 Å². The van der Waals surface area contributed by atoms with Gasteiger partial charge in [0.2, 0.25) is 11.1 Å². The number of amides is 1. The van der Waals surface area contributed by atoms with E-state index in [1.54, 1.807) is 11.3 Å². The lowest BCUT2D eigenvalue weighted by atomic mass is 10.2. The van der Waals surface area contributed by atoms with Crippen molar-refractivity contribution in [3.8, 4) is 10.7 Å². The average molecular weight is 325 g/mol. The fourth-order valence-corrected chi connectivity index (χ4v) is 3.13. The van der Waals surface area contributed by atoms with Gasteiger partial charge in [-0.05, 0) is 17.9 Å².